The van der Waals surface area contributed by atoms with Gasteiger partial charge in [0.2, 0.25) is 41.2 Å². The summed E-state index contributed by atoms with van der Waals surface area (Å²) in [4.78, 5) is 132. The lowest BCUT2D eigenvalue weighted by atomic mass is 9.85. The van der Waals surface area contributed by atoms with Crippen LogP contribution in [0.25, 0.3) is 0 Å². The fourth-order valence-electron chi connectivity index (χ4n) is 7.59. The normalized spacial score (nSPS) is 13.6. The Hall–Kier alpha value is -7.64. The number of ether oxygens (including phenoxy) is 1. The second-order valence-electron chi connectivity index (χ2n) is 19.4. The van der Waals surface area contributed by atoms with Crippen LogP contribution in [0.4, 0.5) is 0 Å². The minimum atomic E-state index is -1.74. The number of primary amides is 1. The van der Waals surface area contributed by atoms with E-state index in [0.29, 0.717) is 29.7 Å². The molecule has 3 aromatic carbocycles. The number of carboxylic acid groups (broad SMARTS) is 2. The Kier molecular flexibility index (Phi) is 23.7. The number of aryl methyl sites for hydroxylation is 1. The fraction of sp³-hybridized carbons (Fsp3) is 0.472. The summed E-state index contributed by atoms with van der Waals surface area (Å²) in [6, 6.07) is 14.6. The van der Waals surface area contributed by atoms with Crippen LogP contribution in [0, 0.1) is 18.3 Å². The second-order valence-corrected chi connectivity index (χ2v) is 19.4. The first-order valence-corrected chi connectivity index (χ1v) is 24.3. The van der Waals surface area contributed by atoms with Gasteiger partial charge in [-0.25, -0.2) is 0 Å². The van der Waals surface area contributed by atoms with Crippen LogP contribution in [-0.2, 0) is 67.4 Å². The predicted molar refractivity (Wildman–Crippen MR) is 269 cm³/mol. The van der Waals surface area contributed by atoms with Crippen molar-refractivity contribution in [3.05, 3.63) is 101 Å². The van der Waals surface area contributed by atoms with E-state index in [1.807, 2.05) is 51.1 Å². The third-order valence-corrected chi connectivity index (χ3v) is 11.6. The van der Waals surface area contributed by atoms with Crippen LogP contribution in [0.2, 0.25) is 0 Å². The van der Waals surface area contributed by atoms with Crippen molar-refractivity contribution in [1.29, 1.82) is 0 Å². The highest BCUT2D eigenvalue weighted by molar-refractivity contribution is 6.37. The zero-order chi connectivity index (χ0) is 54.4. The van der Waals surface area contributed by atoms with E-state index in [2.05, 4.69) is 31.9 Å². The highest BCUT2D eigenvalue weighted by Crippen LogP contribution is 2.22. The molecule has 3 aromatic rings. The summed E-state index contributed by atoms with van der Waals surface area (Å²) in [6.45, 7) is 12.6. The number of aliphatic carboxylic acids is 2. The average molecular weight is 1010 g/mol. The summed E-state index contributed by atoms with van der Waals surface area (Å²) >= 11 is 0. The monoisotopic (exact) mass is 1010 g/mol. The number of carbonyl (C=O) groups is 10. The summed E-state index contributed by atoms with van der Waals surface area (Å²) in [5.41, 5.74) is 7.06. The first-order valence-electron chi connectivity index (χ1n) is 24.3. The first-order chi connectivity index (χ1) is 34.4. The van der Waals surface area contributed by atoms with Gasteiger partial charge in [-0.1, -0.05) is 121 Å². The number of hydrogen-bond donors (Lipinski definition) is 9. The first kappa shape index (κ1) is 59.7. The Morgan fingerprint density at radius 2 is 1.15 bits per heavy atom. The maximum absolute atomic E-state index is 14.7. The zero-order valence-corrected chi connectivity index (χ0v) is 42.6. The molecule has 0 spiro atoms. The average Bonchev–Trinajstić information content (AvgIpc) is 3.32. The fourth-order valence-corrected chi connectivity index (χ4v) is 7.59. The molecule has 0 aliphatic heterocycles. The number of rotatable bonds is 30. The van der Waals surface area contributed by atoms with E-state index in [4.69, 9.17) is 15.6 Å². The molecular formula is C53H71N7O13. The Bertz CT molecular complexity index is 2400. The molecule has 20 nitrogen and oxygen atoms in total. The highest BCUT2D eigenvalue weighted by Gasteiger charge is 2.39. The number of nitrogens with one attached hydrogen (secondary N) is 6. The van der Waals surface area contributed by atoms with Crippen LogP contribution < -0.4 is 42.4 Å². The molecule has 0 aliphatic carbocycles. The van der Waals surface area contributed by atoms with Gasteiger partial charge >= 0.3 is 11.9 Å². The number of ketones is 1. The number of amides is 7. The Morgan fingerprint density at radius 1 is 0.603 bits per heavy atom. The molecule has 0 saturated heterocycles. The van der Waals surface area contributed by atoms with E-state index in [1.165, 1.54) is 0 Å². The van der Waals surface area contributed by atoms with Crippen LogP contribution >= 0.6 is 0 Å². The van der Waals surface area contributed by atoms with Crippen LogP contribution in [0.5, 0.6) is 5.75 Å². The number of carboxylic acids is 2. The van der Waals surface area contributed by atoms with Gasteiger partial charge in [-0.3, -0.25) is 47.9 Å². The van der Waals surface area contributed by atoms with Crippen molar-refractivity contribution in [2.45, 2.75) is 149 Å². The van der Waals surface area contributed by atoms with Gasteiger partial charge < -0.3 is 52.6 Å². The van der Waals surface area contributed by atoms with Gasteiger partial charge in [0.15, 0.2) is 0 Å². The standard InChI is InChI=1S/C53H71N7O13/c1-8-9-19-37(45(66)47(54)67)56-48(68)38(26-31(2)3)59-52(72)46(53(5,6)7)60-51(71)40(28-35-18-14-13-15-32(35)4)58-49(69)39(57-50(70)41(29-44(64)65)55-42(61)24-25-43(62)63)27-33-20-22-36(23-21-33)73-30-34-16-11-10-12-17-34/h10-18,20-23,31,37-41,46H,8-9,19,24-30H2,1-7H3,(H2,54,67)(H,55,61)(H,56,68)(H,57,70)(H,58,69)(H,59,72)(H,60,71)(H,62,63)(H,64,65)/t37?,38-,39-,40-,41-,46+/m0/s1. The summed E-state index contributed by atoms with van der Waals surface area (Å²) < 4.78 is 5.91. The van der Waals surface area contributed by atoms with E-state index in [9.17, 15) is 53.1 Å². The van der Waals surface area contributed by atoms with Gasteiger partial charge in [0.25, 0.3) is 5.91 Å². The topological polar surface area (TPSA) is 319 Å². The SMILES string of the molecule is CCCCC(NC(=O)[C@H](CC(C)C)NC(=O)[C@@H](NC(=O)[C@H](Cc1ccccc1C)NC(=O)[C@H](Cc1ccc(OCc2ccccc2)cc1)NC(=O)[C@H](CC(=O)O)NC(=O)CCC(=O)O)C(C)(C)C)C(=O)C(N)=O. The molecule has 0 aromatic heterocycles. The van der Waals surface area contributed by atoms with E-state index in [-0.39, 0.29) is 38.2 Å². The highest BCUT2D eigenvalue weighted by atomic mass is 16.5. The molecule has 6 atom stereocenters. The maximum atomic E-state index is 14.7. The number of hydrogen-bond acceptors (Lipinski definition) is 11. The second kappa shape index (κ2) is 29.0. The van der Waals surface area contributed by atoms with E-state index in [1.54, 1.807) is 76.2 Å². The Labute approximate surface area is 425 Å². The molecule has 1 unspecified atom stereocenters. The van der Waals surface area contributed by atoms with Crippen molar-refractivity contribution >= 4 is 59.1 Å². The molecule has 3 rings (SSSR count). The number of benzene rings is 3. The smallest absolute Gasteiger partial charge is 0.305 e. The number of unbranched alkanes of at least 4 members (excludes halogenated alkanes) is 1. The number of Topliss-reactive ketones (excluding diaryl/α,β-unsaturated/α-hetero) is 1. The molecule has 0 bridgehead atoms. The molecule has 0 saturated carbocycles. The van der Waals surface area contributed by atoms with E-state index in [0.717, 1.165) is 11.1 Å². The van der Waals surface area contributed by atoms with Gasteiger partial charge in [-0.05, 0) is 65.5 Å². The summed E-state index contributed by atoms with van der Waals surface area (Å²) in [7, 11) is 0. The van der Waals surface area contributed by atoms with Gasteiger partial charge in [-0.15, -0.1) is 0 Å². The third-order valence-electron chi connectivity index (χ3n) is 11.6. The molecule has 73 heavy (non-hydrogen) atoms. The van der Waals surface area contributed by atoms with Crippen molar-refractivity contribution in [1.82, 2.24) is 31.9 Å². The van der Waals surface area contributed by atoms with Crippen LogP contribution in [-0.4, -0.2) is 106 Å². The van der Waals surface area contributed by atoms with Gasteiger partial charge in [0.05, 0.1) is 18.9 Å². The Morgan fingerprint density at radius 3 is 1.71 bits per heavy atom. The molecule has 20 heteroatoms. The van der Waals surface area contributed by atoms with Gasteiger partial charge in [0.1, 0.15) is 42.6 Å². The molecular weight excluding hydrogens is 943 g/mol. The van der Waals surface area contributed by atoms with Crippen LogP contribution in [0.1, 0.15) is 109 Å². The van der Waals surface area contributed by atoms with E-state index >= 15 is 0 Å². The minimum absolute atomic E-state index is 0.107. The van der Waals surface area contributed by atoms with Gasteiger partial charge in [0, 0.05) is 19.3 Å². The van der Waals surface area contributed by atoms with Crippen molar-refractivity contribution in [3.63, 3.8) is 0 Å². The number of nitrogens with two attached hydrogens (primary N) is 1. The maximum Gasteiger partial charge on any atom is 0.305 e. The molecule has 0 heterocycles. The summed E-state index contributed by atoms with van der Waals surface area (Å²) in [6.07, 6.45) is -1.04. The quantitative estimate of drug-likeness (QED) is 0.0435. The molecule has 0 fully saturated rings. The lowest BCUT2D eigenvalue weighted by Gasteiger charge is -2.34. The minimum Gasteiger partial charge on any atom is -0.489 e. The summed E-state index contributed by atoms with van der Waals surface area (Å²) in [5.74, 6) is -9.92. The van der Waals surface area contributed by atoms with Crippen molar-refractivity contribution in [3.8, 4) is 5.75 Å². The lowest BCUT2D eigenvalue weighted by molar-refractivity contribution is -0.142. The zero-order valence-electron chi connectivity index (χ0n) is 42.6. The largest absolute Gasteiger partial charge is 0.489 e. The van der Waals surface area contributed by atoms with Crippen LogP contribution in [0.15, 0.2) is 78.9 Å². The third kappa shape index (κ3) is 20.9. The van der Waals surface area contributed by atoms with Crippen molar-refractivity contribution in [2.75, 3.05) is 0 Å². The number of carbonyl (C=O) groups excluding carboxylic acids is 8. The summed E-state index contributed by atoms with van der Waals surface area (Å²) in [5, 5.41) is 34.3. The molecule has 7 amide bonds. The van der Waals surface area contributed by atoms with Crippen LogP contribution in [0.3, 0.4) is 0 Å². The van der Waals surface area contributed by atoms with Gasteiger partial charge in [-0.2, -0.15) is 0 Å². The van der Waals surface area contributed by atoms with Crippen molar-refractivity contribution < 1.29 is 62.9 Å². The molecule has 396 valence electrons. The lowest BCUT2D eigenvalue weighted by Crippen LogP contribution is -2.62. The molecule has 0 aliphatic rings. The molecule has 10 N–H and O–H groups in total. The molecule has 0 radical (unpaired) electrons. The van der Waals surface area contributed by atoms with E-state index < -0.39 is 120 Å². The van der Waals surface area contributed by atoms with Crippen molar-refractivity contribution in [2.24, 2.45) is 17.1 Å². The Balaban J connectivity index is 2.02. The predicted octanol–water partition coefficient (Wildman–Crippen LogP) is 2.94.